The molecule has 1 heterocycles. The normalized spacial score (nSPS) is 13.9. The summed E-state index contributed by atoms with van der Waals surface area (Å²) in [6.45, 7) is 0. The van der Waals surface area contributed by atoms with Gasteiger partial charge in [-0.05, 0) is 6.07 Å². The Morgan fingerprint density at radius 1 is 0.917 bits per heavy atom. The molecule has 0 bridgehead atoms. The molecular formula is C18H11N3O3. The predicted molar refractivity (Wildman–Crippen MR) is 87.7 cm³/mol. The van der Waals surface area contributed by atoms with Crippen LogP contribution in [-0.2, 0) is 0 Å². The van der Waals surface area contributed by atoms with Gasteiger partial charge in [0.25, 0.3) is 0 Å². The number of Topliss-reactive ketones (excluding diaryl/α,β-unsaturated/α-hetero) is 2. The molecule has 0 spiro atoms. The predicted octanol–water partition coefficient (Wildman–Crippen LogP) is 3.92. The number of para-hydroxylation sites is 1. The monoisotopic (exact) mass is 317 g/mol. The number of fused-ring (bicyclic) bond motifs is 2. The summed E-state index contributed by atoms with van der Waals surface area (Å²) in [6.07, 6.45) is 1.14. The van der Waals surface area contributed by atoms with Crippen molar-refractivity contribution in [2.24, 2.45) is 10.2 Å². The highest BCUT2D eigenvalue weighted by atomic mass is 16.3. The molecule has 1 aromatic heterocycles. The minimum Gasteiger partial charge on any atom is -0.493 e. The van der Waals surface area contributed by atoms with Crippen molar-refractivity contribution in [2.45, 2.75) is 0 Å². The maximum absolute atomic E-state index is 12.2. The van der Waals surface area contributed by atoms with Crippen LogP contribution in [0.3, 0.4) is 0 Å². The zero-order chi connectivity index (χ0) is 16.7. The number of carbonyl (C=O) groups is 2. The Morgan fingerprint density at radius 2 is 1.54 bits per heavy atom. The number of carbonyl (C=O) groups excluding carboxylic acids is 2. The zero-order valence-electron chi connectivity index (χ0n) is 12.4. The molecule has 1 aliphatic rings. The molecule has 4 rings (SSSR count). The number of H-pyrrole nitrogens is 1. The van der Waals surface area contributed by atoms with Gasteiger partial charge in [-0.2, -0.15) is 5.11 Å². The van der Waals surface area contributed by atoms with Crippen LogP contribution < -0.4 is 0 Å². The first kappa shape index (κ1) is 14.1. The number of aromatic nitrogens is 1. The van der Waals surface area contributed by atoms with Gasteiger partial charge in [-0.3, -0.25) is 9.59 Å². The summed E-state index contributed by atoms with van der Waals surface area (Å²) in [5, 5.41) is 18.4. The van der Waals surface area contributed by atoms with Gasteiger partial charge in [-0.25, -0.2) is 0 Å². The highest BCUT2D eigenvalue weighted by molar-refractivity contribution is 6.39. The van der Waals surface area contributed by atoms with Crippen LogP contribution >= 0.6 is 0 Å². The molecule has 116 valence electrons. The molecular weight excluding hydrogens is 306 g/mol. The first-order chi connectivity index (χ1) is 11.7. The van der Waals surface area contributed by atoms with E-state index in [0.717, 1.165) is 11.7 Å². The molecule has 0 fully saturated rings. The fraction of sp³-hybridized carbons (Fsp3) is 0. The molecule has 0 saturated carbocycles. The number of nitrogens with zero attached hydrogens (tertiary/aromatic N) is 2. The summed E-state index contributed by atoms with van der Waals surface area (Å²) in [5.74, 6) is -0.846. The van der Waals surface area contributed by atoms with Gasteiger partial charge < -0.3 is 10.1 Å². The van der Waals surface area contributed by atoms with Gasteiger partial charge in [-0.15, -0.1) is 5.11 Å². The first-order valence-corrected chi connectivity index (χ1v) is 7.26. The van der Waals surface area contributed by atoms with E-state index in [1.54, 1.807) is 36.4 Å². The van der Waals surface area contributed by atoms with E-state index in [1.807, 2.05) is 12.1 Å². The second kappa shape index (κ2) is 5.27. The van der Waals surface area contributed by atoms with Crippen molar-refractivity contribution in [1.82, 2.24) is 4.98 Å². The lowest BCUT2D eigenvalue weighted by molar-refractivity contribution is 0.0988. The van der Waals surface area contributed by atoms with Crippen molar-refractivity contribution in [2.75, 3.05) is 0 Å². The number of hydrogen-bond acceptors (Lipinski definition) is 5. The molecule has 2 aromatic carbocycles. The van der Waals surface area contributed by atoms with Gasteiger partial charge in [-0.1, -0.05) is 42.5 Å². The largest absolute Gasteiger partial charge is 0.493 e. The van der Waals surface area contributed by atoms with Crippen molar-refractivity contribution in [3.8, 4) is 5.88 Å². The second-order valence-corrected chi connectivity index (χ2v) is 5.33. The lowest BCUT2D eigenvalue weighted by atomic mass is 10.1. The third-order valence-corrected chi connectivity index (χ3v) is 3.91. The molecule has 0 radical (unpaired) electrons. The Balaban J connectivity index is 1.71. The van der Waals surface area contributed by atoms with Crippen LogP contribution in [0.25, 0.3) is 10.9 Å². The SMILES string of the molecule is O=C1C(=CN=Nc2c(O)[nH]c3ccccc23)C(=O)c2ccccc21. The number of aromatic amines is 1. The summed E-state index contributed by atoms with van der Waals surface area (Å²) in [4.78, 5) is 27.2. The number of azo groups is 1. The van der Waals surface area contributed by atoms with Crippen molar-refractivity contribution < 1.29 is 14.7 Å². The number of rotatable bonds is 2. The Labute approximate surface area is 136 Å². The number of aromatic hydroxyl groups is 1. The standard InChI is InChI=1S/C18H11N3O3/c22-16-10-5-1-2-6-11(10)17(23)13(16)9-19-21-15-12-7-3-4-8-14(12)20-18(15)24/h1-9,20,24H. The van der Waals surface area contributed by atoms with Gasteiger partial charge in [0.05, 0.1) is 17.3 Å². The average molecular weight is 317 g/mol. The van der Waals surface area contributed by atoms with E-state index < -0.39 is 0 Å². The molecule has 6 nitrogen and oxygen atoms in total. The van der Waals surface area contributed by atoms with E-state index in [0.29, 0.717) is 16.5 Å². The van der Waals surface area contributed by atoms with E-state index in [4.69, 9.17) is 0 Å². The van der Waals surface area contributed by atoms with E-state index in [1.165, 1.54) is 0 Å². The Kier molecular flexibility index (Phi) is 3.09. The Morgan fingerprint density at radius 3 is 2.25 bits per heavy atom. The molecule has 1 aliphatic carbocycles. The van der Waals surface area contributed by atoms with Crippen molar-refractivity contribution >= 4 is 28.2 Å². The highest BCUT2D eigenvalue weighted by Gasteiger charge is 2.32. The second-order valence-electron chi connectivity index (χ2n) is 5.33. The van der Waals surface area contributed by atoms with Crippen LogP contribution in [0.4, 0.5) is 5.69 Å². The number of allylic oxidation sites excluding steroid dienone is 1. The van der Waals surface area contributed by atoms with E-state index >= 15 is 0 Å². The first-order valence-electron chi connectivity index (χ1n) is 7.26. The molecule has 0 unspecified atom stereocenters. The van der Waals surface area contributed by atoms with E-state index in [9.17, 15) is 14.7 Å². The van der Waals surface area contributed by atoms with Crippen molar-refractivity contribution in [1.29, 1.82) is 0 Å². The quantitative estimate of drug-likeness (QED) is 0.426. The van der Waals surface area contributed by atoms with Gasteiger partial charge >= 0.3 is 0 Å². The van der Waals surface area contributed by atoms with Gasteiger partial charge in [0.1, 0.15) is 0 Å². The molecule has 2 N–H and O–H groups in total. The Hall–Kier alpha value is -3.54. The number of benzene rings is 2. The highest BCUT2D eigenvalue weighted by Crippen LogP contribution is 2.35. The maximum atomic E-state index is 12.2. The van der Waals surface area contributed by atoms with Crippen molar-refractivity contribution in [3.63, 3.8) is 0 Å². The molecule has 0 amide bonds. The number of hydrogen-bond donors (Lipinski definition) is 2. The van der Waals surface area contributed by atoms with Gasteiger partial charge in [0, 0.05) is 16.5 Å². The lowest BCUT2D eigenvalue weighted by Crippen LogP contribution is -1.99. The summed E-state index contributed by atoms with van der Waals surface area (Å²) < 4.78 is 0. The third kappa shape index (κ3) is 2.04. The summed E-state index contributed by atoms with van der Waals surface area (Å²) >= 11 is 0. The lowest BCUT2D eigenvalue weighted by Gasteiger charge is -1.91. The van der Waals surface area contributed by atoms with Crippen LogP contribution in [0.2, 0.25) is 0 Å². The molecule has 0 saturated heterocycles. The van der Waals surface area contributed by atoms with E-state index in [2.05, 4.69) is 15.2 Å². The van der Waals surface area contributed by atoms with Crippen LogP contribution in [0.15, 0.2) is 70.5 Å². The van der Waals surface area contributed by atoms with Crippen molar-refractivity contribution in [3.05, 3.63) is 71.4 Å². The fourth-order valence-corrected chi connectivity index (χ4v) is 2.75. The topological polar surface area (TPSA) is 94.9 Å². The third-order valence-electron chi connectivity index (χ3n) is 3.91. The van der Waals surface area contributed by atoms with Crippen LogP contribution in [0, 0.1) is 0 Å². The maximum Gasteiger partial charge on any atom is 0.218 e. The summed E-state index contributed by atoms with van der Waals surface area (Å²) in [6, 6.07) is 13.9. The van der Waals surface area contributed by atoms with E-state index in [-0.39, 0.29) is 28.7 Å². The van der Waals surface area contributed by atoms with Crippen LogP contribution in [0.5, 0.6) is 5.88 Å². The molecule has 0 atom stereocenters. The zero-order valence-corrected chi connectivity index (χ0v) is 12.4. The summed E-state index contributed by atoms with van der Waals surface area (Å²) in [5.41, 5.74) is 1.70. The molecule has 24 heavy (non-hydrogen) atoms. The van der Waals surface area contributed by atoms with Crippen LogP contribution in [-0.4, -0.2) is 21.7 Å². The molecule has 0 aliphatic heterocycles. The number of ketones is 2. The van der Waals surface area contributed by atoms with Crippen LogP contribution in [0.1, 0.15) is 20.7 Å². The number of nitrogens with one attached hydrogen (secondary N) is 1. The average Bonchev–Trinajstić information content (AvgIpc) is 3.04. The minimum absolute atomic E-state index is 0.0284. The summed E-state index contributed by atoms with van der Waals surface area (Å²) in [7, 11) is 0. The minimum atomic E-state index is -0.363. The molecule has 3 aromatic rings. The molecule has 6 heteroatoms. The van der Waals surface area contributed by atoms with Gasteiger partial charge in [0.2, 0.25) is 5.88 Å². The van der Waals surface area contributed by atoms with Gasteiger partial charge in [0.15, 0.2) is 17.3 Å². The Bertz CT molecular complexity index is 1020. The fourth-order valence-electron chi connectivity index (χ4n) is 2.75. The smallest absolute Gasteiger partial charge is 0.218 e.